The van der Waals surface area contributed by atoms with Crippen molar-refractivity contribution in [3.63, 3.8) is 0 Å². The Labute approximate surface area is 204 Å². The summed E-state index contributed by atoms with van der Waals surface area (Å²) >= 11 is 0. The third-order valence-corrected chi connectivity index (χ3v) is 6.95. The van der Waals surface area contributed by atoms with Gasteiger partial charge in [0.05, 0.1) is 23.4 Å². The van der Waals surface area contributed by atoms with Gasteiger partial charge in [-0.15, -0.1) is 0 Å². The quantitative estimate of drug-likeness (QED) is 0.417. The van der Waals surface area contributed by atoms with Crippen LogP contribution in [0.4, 0.5) is 4.39 Å². The van der Waals surface area contributed by atoms with Gasteiger partial charge in [-0.3, -0.25) is 0 Å². The van der Waals surface area contributed by atoms with Crippen molar-refractivity contribution in [2.75, 3.05) is 0 Å². The Kier molecular flexibility index (Phi) is 5.78. The third-order valence-electron chi connectivity index (χ3n) is 6.95. The van der Waals surface area contributed by atoms with Gasteiger partial charge in [0.1, 0.15) is 11.4 Å². The molecule has 3 aromatic rings. The van der Waals surface area contributed by atoms with Crippen LogP contribution >= 0.6 is 0 Å². The molecule has 1 aliphatic carbocycles. The number of carboxylic acid groups (broad SMARTS) is 1. The van der Waals surface area contributed by atoms with Gasteiger partial charge in [0.25, 0.3) is 0 Å². The summed E-state index contributed by atoms with van der Waals surface area (Å²) in [5.74, 6) is -1.52. The van der Waals surface area contributed by atoms with E-state index >= 15 is 0 Å². The number of carbonyl (C=O) groups is 2. The molecule has 0 amide bonds. The summed E-state index contributed by atoms with van der Waals surface area (Å²) in [5, 5.41) is 10.7. The Morgan fingerprint density at radius 1 is 1.06 bits per heavy atom. The van der Waals surface area contributed by atoms with Gasteiger partial charge in [-0.1, -0.05) is 25.3 Å². The first kappa shape index (κ1) is 23.3. The number of esters is 1. The van der Waals surface area contributed by atoms with E-state index in [2.05, 4.69) is 0 Å². The molecular weight excluding hydrogens is 445 g/mol. The smallest absolute Gasteiger partial charge is 0.336 e. The molecule has 0 saturated heterocycles. The zero-order chi connectivity index (χ0) is 24.9. The molecule has 0 radical (unpaired) electrons. The maximum atomic E-state index is 14.4. The molecule has 0 bridgehead atoms. The number of hydrogen-bond acceptors (Lipinski definition) is 3. The first-order valence-electron chi connectivity index (χ1n) is 12.3. The average Bonchev–Trinajstić information content (AvgIpc) is 3.01. The maximum absolute atomic E-state index is 14.4. The van der Waals surface area contributed by atoms with Gasteiger partial charge in [0.2, 0.25) is 0 Å². The molecular formula is C29H30FNO4. The van der Waals surface area contributed by atoms with Gasteiger partial charge in [-0.25, -0.2) is 14.0 Å². The number of ether oxygens (including phenoxy) is 1. The van der Waals surface area contributed by atoms with Crippen LogP contribution in [0.5, 0.6) is 0 Å². The predicted molar refractivity (Wildman–Crippen MR) is 134 cm³/mol. The lowest BCUT2D eigenvalue weighted by Gasteiger charge is -2.24. The molecule has 35 heavy (non-hydrogen) atoms. The minimum absolute atomic E-state index is 0.194. The van der Waals surface area contributed by atoms with E-state index in [0.29, 0.717) is 17.1 Å². The molecule has 1 aromatic heterocycles. The molecule has 6 heteroatoms. The van der Waals surface area contributed by atoms with Gasteiger partial charge >= 0.3 is 11.9 Å². The Morgan fingerprint density at radius 2 is 1.80 bits per heavy atom. The SMILES string of the molecule is CC(C)(C)OC(=O)C1=Cc2cc(F)ccc2-c2c(C3CCCCC3)c3ccc(C(=O)O)cc3n2C1. The topological polar surface area (TPSA) is 68.5 Å². The Morgan fingerprint density at radius 3 is 2.49 bits per heavy atom. The molecule has 1 fully saturated rings. The second-order valence-corrected chi connectivity index (χ2v) is 10.6. The molecule has 2 aliphatic rings. The summed E-state index contributed by atoms with van der Waals surface area (Å²) in [5.41, 5.74) is 4.27. The van der Waals surface area contributed by atoms with Crippen molar-refractivity contribution < 1.29 is 23.8 Å². The van der Waals surface area contributed by atoms with Crippen LogP contribution in [0.1, 0.15) is 80.3 Å². The van der Waals surface area contributed by atoms with E-state index in [1.807, 2.05) is 31.4 Å². The first-order chi connectivity index (χ1) is 16.6. The average molecular weight is 476 g/mol. The lowest BCUT2D eigenvalue weighted by atomic mass is 9.81. The maximum Gasteiger partial charge on any atom is 0.336 e. The van der Waals surface area contributed by atoms with Crippen LogP contribution in [0, 0.1) is 5.82 Å². The standard InChI is InChI=1S/C29H30FNO4/c1-29(2,3)35-28(34)20-13-19-14-21(30)10-12-22(19)26-25(17-7-5-4-6-8-17)23-11-9-18(27(32)33)15-24(23)31(26)16-20/h9-15,17H,4-8,16H2,1-3H3,(H,32,33). The lowest BCUT2D eigenvalue weighted by molar-refractivity contribution is -0.150. The molecule has 1 N–H and O–H groups in total. The lowest BCUT2D eigenvalue weighted by Crippen LogP contribution is -2.26. The van der Waals surface area contributed by atoms with Crippen molar-refractivity contribution in [1.29, 1.82) is 0 Å². The van der Waals surface area contributed by atoms with Gasteiger partial charge in [-0.2, -0.15) is 0 Å². The fourth-order valence-corrected chi connectivity index (χ4v) is 5.51. The van der Waals surface area contributed by atoms with Gasteiger partial charge in [0, 0.05) is 16.5 Å². The molecule has 182 valence electrons. The number of halogens is 1. The highest BCUT2D eigenvalue weighted by Crippen LogP contribution is 2.46. The van der Waals surface area contributed by atoms with E-state index < -0.39 is 17.5 Å². The largest absolute Gasteiger partial charge is 0.478 e. The predicted octanol–water partition coefficient (Wildman–Crippen LogP) is 6.93. The summed E-state index contributed by atoms with van der Waals surface area (Å²) in [6, 6.07) is 9.90. The van der Waals surface area contributed by atoms with Crippen LogP contribution in [-0.4, -0.2) is 27.2 Å². The van der Waals surface area contributed by atoms with E-state index in [1.54, 1.807) is 24.3 Å². The van der Waals surface area contributed by atoms with Crippen LogP contribution < -0.4 is 0 Å². The van der Waals surface area contributed by atoms with Crippen LogP contribution in [-0.2, 0) is 16.1 Å². The number of aromatic nitrogens is 1. The van der Waals surface area contributed by atoms with Crippen molar-refractivity contribution >= 4 is 28.9 Å². The van der Waals surface area contributed by atoms with E-state index in [0.717, 1.165) is 47.8 Å². The summed E-state index contributed by atoms with van der Waals surface area (Å²) in [6.45, 7) is 5.65. The number of rotatable bonds is 3. The van der Waals surface area contributed by atoms with Crippen molar-refractivity contribution in [2.24, 2.45) is 0 Å². The van der Waals surface area contributed by atoms with Crippen LogP contribution in [0.3, 0.4) is 0 Å². The highest BCUT2D eigenvalue weighted by Gasteiger charge is 2.31. The Hall–Kier alpha value is -3.41. The number of fused-ring (bicyclic) bond motifs is 5. The van der Waals surface area contributed by atoms with E-state index in [4.69, 9.17) is 4.74 Å². The van der Waals surface area contributed by atoms with Crippen LogP contribution in [0.15, 0.2) is 42.0 Å². The normalized spacial score (nSPS) is 16.3. The Balaban J connectivity index is 1.81. The minimum Gasteiger partial charge on any atom is -0.478 e. The number of carbonyl (C=O) groups excluding carboxylic acids is 1. The van der Waals surface area contributed by atoms with Crippen molar-refractivity contribution in [3.8, 4) is 11.3 Å². The summed E-state index contributed by atoms with van der Waals surface area (Å²) in [7, 11) is 0. The molecule has 1 saturated carbocycles. The minimum atomic E-state index is -0.999. The number of nitrogens with zero attached hydrogens (tertiary/aromatic N) is 1. The van der Waals surface area contributed by atoms with Crippen LogP contribution in [0.25, 0.3) is 28.2 Å². The van der Waals surface area contributed by atoms with Crippen molar-refractivity contribution in [3.05, 3.63) is 64.5 Å². The van der Waals surface area contributed by atoms with Crippen molar-refractivity contribution in [2.45, 2.75) is 70.9 Å². The van der Waals surface area contributed by atoms with Gasteiger partial charge < -0.3 is 14.4 Å². The highest BCUT2D eigenvalue weighted by atomic mass is 19.1. The van der Waals surface area contributed by atoms with E-state index in [9.17, 15) is 19.1 Å². The monoisotopic (exact) mass is 475 g/mol. The number of benzene rings is 2. The number of carboxylic acids is 1. The van der Waals surface area contributed by atoms with E-state index in [1.165, 1.54) is 24.1 Å². The fourth-order valence-electron chi connectivity index (χ4n) is 5.51. The van der Waals surface area contributed by atoms with Crippen molar-refractivity contribution in [1.82, 2.24) is 4.57 Å². The fraction of sp³-hybridized carbons (Fsp3) is 0.379. The zero-order valence-corrected chi connectivity index (χ0v) is 20.4. The first-order valence-corrected chi connectivity index (χ1v) is 12.3. The third kappa shape index (κ3) is 4.38. The molecule has 0 spiro atoms. The number of aromatic carboxylic acids is 1. The molecule has 2 heterocycles. The summed E-state index contributed by atoms with van der Waals surface area (Å²) in [4.78, 5) is 25.0. The second kappa shape index (κ2) is 8.67. The molecule has 0 unspecified atom stereocenters. The van der Waals surface area contributed by atoms with Gasteiger partial charge in [0.15, 0.2) is 0 Å². The second-order valence-electron chi connectivity index (χ2n) is 10.6. The Bertz CT molecular complexity index is 1370. The summed E-state index contributed by atoms with van der Waals surface area (Å²) in [6.07, 6.45) is 7.31. The van der Waals surface area contributed by atoms with E-state index in [-0.39, 0.29) is 17.9 Å². The van der Waals surface area contributed by atoms with Crippen LogP contribution in [0.2, 0.25) is 0 Å². The molecule has 5 rings (SSSR count). The summed E-state index contributed by atoms with van der Waals surface area (Å²) < 4.78 is 22.1. The molecule has 1 aliphatic heterocycles. The highest BCUT2D eigenvalue weighted by molar-refractivity contribution is 6.02. The molecule has 2 aromatic carbocycles. The number of hydrogen-bond donors (Lipinski definition) is 1. The molecule has 0 atom stereocenters. The molecule has 5 nitrogen and oxygen atoms in total. The van der Waals surface area contributed by atoms with Gasteiger partial charge in [-0.05, 0) is 87.1 Å². The zero-order valence-electron chi connectivity index (χ0n) is 20.4.